The third-order valence-corrected chi connectivity index (χ3v) is 3.50. The molecule has 0 unspecified atom stereocenters. The summed E-state index contributed by atoms with van der Waals surface area (Å²) < 4.78 is 0. The Morgan fingerprint density at radius 1 is 1.06 bits per heavy atom. The molecule has 90 valence electrons. The first-order valence-electron chi connectivity index (χ1n) is 5.85. The minimum atomic E-state index is 0.768. The molecule has 0 amide bonds. The molecule has 0 spiro atoms. The van der Waals surface area contributed by atoms with Gasteiger partial charge >= 0.3 is 0 Å². The Kier molecular flexibility index (Phi) is 3.30. The fourth-order valence-corrected chi connectivity index (χ4v) is 2.43. The first-order valence-corrected chi connectivity index (χ1v) is 6.73. The Labute approximate surface area is 110 Å². The van der Waals surface area contributed by atoms with Crippen molar-refractivity contribution in [3.8, 4) is 0 Å². The lowest BCUT2D eigenvalue weighted by Crippen LogP contribution is -2.13. The zero-order chi connectivity index (χ0) is 12.2. The van der Waals surface area contributed by atoms with Gasteiger partial charge in [0.2, 0.25) is 0 Å². The molecule has 4 heteroatoms. The Morgan fingerprint density at radius 3 is 2.89 bits per heavy atom. The van der Waals surface area contributed by atoms with Gasteiger partial charge in [0.15, 0.2) is 0 Å². The molecule has 2 heterocycles. The van der Waals surface area contributed by atoms with E-state index >= 15 is 0 Å². The Bertz CT molecular complexity index is 634. The van der Waals surface area contributed by atoms with E-state index in [1.165, 1.54) is 5.39 Å². The molecule has 0 saturated carbocycles. The van der Waals surface area contributed by atoms with Crippen LogP contribution >= 0.6 is 11.3 Å². The van der Waals surface area contributed by atoms with Gasteiger partial charge in [-0.15, -0.1) is 11.3 Å². The molecule has 1 aromatic carbocycles. The van der Waals surface area contributed by atoms with Crippen molar-refractivity contribution < 1.29 is 0 Å². The monoisotopic (exact) mass is 255 g/mol. The number of nitrogens with one attached hydrogen (secondary N) is 1. The predicted octanol–water partition coefficient (Wildman–Crippen LogP) is 2.98. The van der Waals surface area contributed by atoms with Crippen molar-refractivity contribution in [2.75, 3.05) is 0 Å². The van der Waals surface area contributed by atoms with Crippen molar-refractivity contribution in [3.63, 3.8) is 0 Å². The summed E-state index contributed by atoms with van der Waals surface area (Å²) in [6, 6.07) is 12.3. The summed E-state index contributed by atoms with van der Waals surface area (Å²) in [5, 5.41) is 7.63. The van der Waals surface area contributed by atoms with Crippen LogP contribution in [0.1, 0.15) is 10.7 Å². The highest BCUT2D eigenvalue weighted by Crippen LogP contribution is 2.11. The third kappa shape index (κ3) is 2.55. The SMILES string of the molecule is c1ccc2nc(CNCc3nccs3)ccc2c1. The average Bonchev–Trinajstić information content (AvgIpc) is 2.92. The van der Waals surface area contributed by atoms with E-state index in [1.54, 1.807) is 11.3 Å². The topological polar surface area (TPSA) is 37.8 Å². The van der Waals surface area contributed by atoms with Crippen molar-refractivity contribution in [2.24, 2.45) is 0 Å². The summed E-state index contributed by atoms with van der Waals surface area (Å²) in [5.41, 5.74) is 2.11. The minimum absolute atomic E-state index is 0.768. The summed E-state index contributed by atoms with van der Waals surface area (Å²) in [5.74, 6) is 0. The van der Waals surface area contributed by atoms with Gasteiger partial charge in [0.05, 0.1) is 11.2 Å². The lowest BCUT2D eigenvalue weighted by Gasteiger charge is -2.04. The van der Waals surface area contributed by atoms with Gasteiger partial charge in [-0.3, -0.25) is 4.98 Å². The van der Waals surface area contributed by atoms with E-state index in [4.69, 9.17) is 0 Å². The fourth-order valence-electron chi connectivity index (χ4n) is 1.84. The number of aromatic nitrogens is 2. The zero-order valence-electron chi connectivity index (χ0n) is 9.84. The van der Waals surface area contributed by atoms with E-state index in [2.05, 4.69) is 33.5 Å². The molecule has 0 aliphatic rings. The van der Waals surface area contributed by atoms with Crippen LogP contribution in [0.15, 0.2) is 48.0 Å². The van der Waals surface area contributed by atoms with E-state index < -0.39 is 0 Å². The molecule has 0 fully saturated rings. The lowest BCUT2D eigenvalue weighted by atomic mass is 10.2. The van der Waals surface area contributed by atoms with Crippen LogP contribution in [0.3, 0.4) is 0 Å². The number of thiazole rings is 1. The molecule has 0 aliphatic heterocycles. The van der Waals surface area contributed by atoms with Crippen LogP contribution in [0.25, 0.3) is 10.9 Å². The molecule has 0 saturated heterocycles. The second-order valence-electron chi connectivity index (χ2n) is 4.02. The van der Waals surface area contributed by atoms with E-state index in [9.17, 15) is 0 Å². The van der Waals surface area contributed by atoms with Crippen LogP contribution < -0.4 is 5.32 Å². The van der Waals surface area contributed by atoms with Gasteiger partial charge in [-0.25, -0.2) is 4.98 Å². The van der Waals surface area contributed by atoms with Crippen molar-refractivity contribution in [1.82, 2.24) is 15.3 Å². The van der Waals surface area contributed by atoms with Crippen molar-refractivity contribution in [1.29, 1.82) is 0 Å². The second kappa shape index (κ2) is 5.25. The van der Waals surface area contributed by atoms with Crippen LogP contribution in [0.2, 0.25) is 0 Å². The van der Waals surface area contributed by atoms with Gasteiger partial charge in [-0.2, -0.15) is 0 Å². The molecule has 0 radical (unpaired) electrons. The number of rotatable bonds is 4. The number of para-hydroxylation sites is 1. The van der Waals surface area contributed by atoms with E-state index in [-0.39, 0.29) is 0 Å². The van der Waals surface area contributed by atoms with Gasteiger partial charge in [0.25, 0.3) is 0 Å². The maximum Gasteiger partial charge on any atom is 0.106 e. The van der Waals surface area contributed by atoms with Gasteiger partial charge in [-0.05, 0) is 12.1 Å². The zero-order valence-corrected chi connectivity index (χ0v) is 10.7. The largest absolute Gasteiger partial charge is 0.305 e. The first kappa shape index (κ1) is 11.3. The lowest BCUT2D eigenvalue weighted by molar-refractivity contribution is 0.678. The third-order valence-electron chi connectivity index (χ3n) is 2.72. The molecule has 0 aliphatic carbocycles. The molecule has 0 bridgehead atoms. The maximum absolute atomic E-state index is 4.61. The molecule has 18 heavy (non-hydrogen) atoms. The van der Waals surface area contributed by atoms with Crippen LogP contribution in [-0.4, -0.2) is 9.97 Å². The van der Waals surface area contributed by atoms with Crippen LogP contribution in [0.4, 0.5) is 0 Å². The summed E-state index contributed by atoms with van der Waals surface area (Å²) in [6.07, 6.45) is 1.83. The van der Waals surface area contributed by atoms with Crippen molar-refractivity contribution in [2.45, 2.75) is 13.1 Å². The standard InChI is InChI=1S/C14H13N3S/c1-2-4-13-11(3-1)5-6-12(17-13)9-15-10-14-16-7-8-18-14/h1-8,15H,9-10H2. The highest BCUT2D eigenvalue weighted by Gasteiger charge is 1.99. The van der Waals surface area contributed by atoms with Crippen molar-refractivity contribution >= 4 is 22.2 Å². The van der Waals surface area contributed by atoms with Gasteiger partial charge in [0.1, 0.15) is 5.01 Å². The Hall–Kier alpha value is -1.78. The summed E-state index contributed by atoms with van der Waals surface area (Å²) in [7, 11) is 0. The van der Waals surface area contributed by atoms with E-state index in [1.807, 2.05) is 29.8 Å². The molecule has 3 aromatic rings. The number of pyridine rings is 1. The van der Waals surface area contributed by atoms with Crippen LogP contribution in [0.5, 0.6) is 0 Å². The van der Waals surface area contributed by atoms with Gasteiger partial charge in [-0.1, -0.05) is 24.3 Å². The van der Waals surface area contributed by atoms with E-state index in [0.29, 0.717) is 0 Å². The Balaban J connectivity index is 1.67. The molecule has 0 atom stereocenters. The summed E-state index contributed by atoms with van der Waals surface area (Å²) >= 11 is 1.67. The fraction of sp³-hybridized carbons (Fsp3) is 0.143. The summed E-state index contributed by atoms with van der Waals surface area (Å²) in [4.78, 5) is 8.85. The minimum Gasteiger partial charge on any atom is -0.305 e. The predicted molar refractivity (Wildman–Crippen MR) is 74.4 cm³/mol. The highest BCUT2D eigenvalue weighted by atomic mass is 32.1. The van der Waals surface area contributed by atoms with Gasteiger partial charge < -0.3 is 5.32 Å². The molecule has 2 aromatic heterocycles. The van der Waals surface area contributed by atoms with Crippen molar-refractivity contribution in [3.05, 3.63) is 58.7 Å². The highest BCUT2D eigenvalue weighted by molar-refractivity contribution is 7.09. The first-order chi connectivity index (χ1) is 8.92. The molecular weight excluding hydrogens is 242 g/mol. The molecule has 3 rings (SSSR count). The quantitative estimate of drug-likeness (QED) is 0.779. The van der Waals surface area contributed by atoms with Crippen LogP contribution in [0, 0.1) is 0 Å². The Morgan fingerprint density at radius 2 is 2.00 bits per heavy atom. The van der Waals surface area contributed by atoms with Crippen LogP contribution in [-0.2, 0) is 13.1 Å². The number of benzene rings is 1. The molecule has 3 nitrogen and oxygen atoms in total. The second-order valence-corrected chi connectivity index (χ2v) is 5.00. The smallest absolute Gasteiger partial charge is 0.106 e. The van der Waals surface area contributed by atoms with E-state index in [0.717, 1.165) is 29.3 Å². The number of hydrogen-bond acceptors (Lipinski definition) is 4. The molecular formula is C14H13N3S. The average molecular weight is 255 g/mol. The maximum atomic E-state index is 4.61. The summed E-state index contributed by atoms with van der Waals surface area (Å²) in [6.45, 7) is 1.57. The van der Waals surface area contributed by atoms with Gasteiger partial charge in [0, 0.05) is 30.1 Å². The number of nitrogens with zero attached hydrogens (tertiary/aromatic N) is 2. The number of fused-ring (bicyclic) bond motifs is 1. The normalized spacial score (nSPS) is 10.9. The molecule has 1 N–H and O–H groups in total. The number of hydrogen-bond donors (Lipinski definition) is 1.